The zero-order valence-corrected chi connectivity index (χ0v) is 14.2. The highest BCUT2D eigenvalue weighted by molar-refractivity contribution is 6.02. The second-order valence-electron chi connectivity index (χ2n) is 7.94. The Bertz CT molecular complexity index is 797. The van der Waals surface area contributed by atoms with Crippen LogP contribution in [0.1, 0.15) is 43.5 Å². The van der Waals surface area contributed by atoms with Gasteiger partial charge < -0.3 is 10.4 Å². The summed E-state index contributed by atoms with van der Waals surface area (Å²) in [7, 11) is 0. The van der Waals surface area contributed by atoms with Crippen molar-refractivity contribution in [3.05, 3.63) is 36.0 Å². The Hall–Kier alpha value is -2.10. The molecular formula is C20H24N2O2. The number of nitrogens with one attached hydrogen (secondary N) is 1. The molecule has 3 atom stereocenters. The molecular weight excluding hydrogens is 300 g/mol. The van der Waals surface area contributed by atoms with E-state index in [-0.39, 0.29) is 11.7 Å². The molecule has 3 aliphatic rings. The third-order valence-electron chi connectivity index (χ3n) is 6.52. The third-order valence-corrected chi connectivity index (χ3v) is 6.52. The highest BCUT2D eigenvalue weighted by Crippen LogP contribution is 2.61. The number of fused-ring (bicyclic) bond motifs is 3. The topological polar surface area (TPSA) is 62.2 Å². The van der Waals surface area contributed by atoms with Crippen LogP contribution in [0, 0.1) is 23.2 Å². The molecule has 2 N–H and O–H groups in total. The zero-order valence-electron chi connectivity index (χ0n) is 14.2. The summed E-state index contributed by atoms with van der Waals surface area (Å²) < 4.78 is 0. The van der Waals surface area contributed by atoms with Crippen LogP contribution in [0.15, 0.2) is 30.5 Å². The van der Waals surface area contributed by atoms with Gasteiger partial charge in [-0.3, -0.25) is 9.78 Å². The minimum Gasteiger partial charge on any atom is -0.505 e. The smallest absolute Gasteiger partial charge is 0.255 e. The summed E-state index contributed by atoms with van der Waals surface area (Å²) in [5.41, 5.74) is 1.20. The lowest BCUT2D eigenvalue weighted by atomic mass is 9.45. The Balaban J connectivity index is 1.48. The molecule has 0 radical (unpaired) electrons. The number of aromatic nitrogens is 1. The van der Waals surface area contributed by atoms with Gasteiger partial charge in [0.25, 0.3) is 5.91 Å². The van der Waals surface area contributed by atoms with Crippen LogP contribution in [0.25, 0.3) is 10.9 Å². The number of rotatable bonds is 3. The van der Waals surface area contributed by atoms with E-state index in [1.807, 2.05) is 18.2 Å². The summed E-state index contributed by atoms with van der Waals surface area (Å²) >= 11 is 0. The maximum absolute atomic E-state index is 12.5. The van der Waals surface area contributed by atoms with Gasteiger partial charge in [0.05, 0.1) is 5.56 Å². The fourth-order valence-electron chi connectivity index (χ4n) is 4.84. The SMILES string of the molecule is CC1(C)C2CC[C@@H](CNC(=O)c3ccc4cccnc4c3O)C1C2. The lowest BCUT2D eigenvalue weighted by molar-refractivity contribution is -0.103. The van der Waals surface area contributed by atoms with Gasteiger partial charge in [-0.05, 0) is 54.6 Å². The van der Waals surface area contributed by atoms with Crippen molar-refractivity contribution in [2.75, 3.05) is 6.54 Å². The molecule has 5 rings (SSSR count). The van der Waals surface area contributed by atoms with Crippen LogP contribution in [-0.2, 0) is 0 Å². The van der Waals surface area contributed by atoms with Gasteiger partial charge >= 0.3 is 0 Å². The molecule has 1 heterocycles. The van der Waals surface area contributed by atoms with Crippen molar-refractivity contribution >= 4 is 16.8 Å². The predicted molar refractivity (Wildman–Crippen MR) is 93.8 cm³/mol. The van der Waals surface area contributed by atoms with Crippen LogP contribution in [0.3, 0.4) is 0 Å². The highest BCUT2D eigenvalue weighted by Gasteiger charge is 2.53. The van der Waals surface area contributed by atoms with Crippen LogP contribution in [0.2, 0.25) is 0 Å². The zero-order chi connectivity index (χ0) is 16.9. The number of nitrogens with zero attached hydrogens (tertiary/aromatic N) is 1. The highest BCUT2D eigenvalue weighted by atomic mass is 16.3. The number of aromatic hydroxyl groups is 1. The molecule has 24 heavy (non-hydrogen) atoms. The summed E-state index contributed by atoms with van der Waals surface area (Å²) in [5.74, 6) is 1.89. The van der Waals surface area contributed by atoms with Crippen LogP contribution in [0.5, 0.6) is 5.75 Å². The van der Waals surface area contributed by atoms with Crippen molar-refractivity contribution in [3.8, 4) is 5.75 Å². The number of carbonyl (C=O) groups is 1. The standard InChI is InChI=1S/C20H24N2O2/c1-20(2)14-7-5-13(16(20)10-14)11-22-19(24)15-8-6-12-4-3-9-21-17(12)18(15)23/h3-4,6,8-9,13-14,16,23H,5,7,10-11H2,1-2H3,(H,22,24)/t13-,14?,16?/m0/s1. The Kier molecular flexibility index (Phi) is 3.52. The maximum Gasteiger partial charge on any atom is 0.255 e. The van der Waals surface area contributed by atoms with Gasteiger partial charge in [0.2, 0.25) is 0 Å². The fraction of sp³-hybridized carbons (Fsp3) is 0.500. The number of hydrogen-bond donors (Lipinski definition) is 2. The van der Waals surface area contributed by atoms with Gasteiger partial charge in [-0.2, -0.15) is 0 Å². The van der Waals surface area contributed by atoms with Gasteiger partial charge in [0.1, 0.15) is 5.52 Å². The van der Waals surface area contributed by atoms with Crippen molar-refractivity contribution in [3.63, 3.8) is 0 Å². The van der Waals surface area contributed by atoms with Crippen molar-refractivity contribution in [2.24, 2.45) is 23.2 Å². The number of amides is 1. The molecule has 0 aliphatic heterocycles. The van der Waals surface area contributed by atoms with Gasteiger partial charge in [0.15, 0.2) is 5.75 Å². The monoisotopic (exact) mass is 324 g/mol. The number of hydrogen-bond acceptors (Lipinski definition) is 3. The number of phenolic OH excluding ortho intramolecular Hbond substituents is 1. The van der Waals surface area contributed by atoms with Crippen LogP contribution < -0.4 is 5.32 Å². The number of phenols is 1. The van der Waals surface area contributed by atoms with Gasteiger partial charge in [-0.15, -0.1) is 0 Å². The summed E-state index contributed by atoms with van der Waals surface area (Å²) in [5, 5.41) is 14.3. The van der Waals surface area contributed by atoms with Crippen molar-refractivity contribution in [2.45, 2.75) is 33.1 Å². The Labute approximate surface area is 142 Å². The first-order valence-corrected chi connectivity index (χ1v) is 8.83. The van der Waals surface area contributed by atoms with E-state index in [1.165, 1.54) is 19.3 Å². The average Bonchev–Trinajstić information content (AvgIpc) is 2.60. The lowest BCUT2D eigenvalue weighted by Gasteiger charge is -2.60. The van der Waals surface area contributed by atoms with E-state index in [9.17, 15) is 9.90 Å². The molecule has 3 saturated carbocycles. The minimum atomic E-state index is -0.209. The van der Waals surface area contributed by atoms with Crippen molar-refractivity contribution in [1.29, 1.82) is 0 Å². The van der Waals surface area contributed by atoms with E-state index in [0.717, 1.165) is 11.3 Å². The minimum absolute atomic E-state index is 0.0294. The van der Waals surface area contributed by atoms with E-state index in [1.54, 1.807) is 12.3 Å². The molecule has 0 spiro atoms. The van der Waals surface area contributed by atoms with E-state index >= 15 is 0 Å². The van der Waals surface area contributed by atoms with E-state index in [0.29, 0.717) is 34.9 Å². The number of pyridine rings is 1. The second-order valence-corrected chi connectivity index (χ2v) is 7.94. The lowest BCUT2D eigenvalue weighted by Crippen LogP contribution is -2.54. The first-order valence-electron chi connectivity index (χ1n) is 8.83. The molecule has 126 valence electrons. The Morgan fingerprint density at radius 3 is 2.92 bits per heavy atom. The molecule has 1 aromatic heterocycles. The molecule has 0 saturated heterocycles. The van der Waals surface area contributed by atoms with E-state index in [4.69, 9.17) is 0 Å². The molecule has 2 aromatic rings. The van der Waals surface area contributed by atoms with Gasteiger partial charge in [-0.25, -0.2) is 0 Å². The first-order chi connectivity index (χ1) is 11.5. The van der Waals surface area contributed by atoms with Gasteiger partial charge in [0, 0.05) is 18.1 Å². The third kappa shape index (κ3) is 2.27. The molecule has 3 aliphatic carbocycles. The predicted octanol–water partition coefficient (Wildman–Crippen LogP) is 3.74. The second kappa shape index (κ2) is 5.47. The summed E-state index contributed by atoms with van der Waals surface area (Å²) in [6.07, 6.45) is 5.40. The molecule has 1 amide bonds. The fourth-order valence-corrected chi connectivity index (χ4v) is 4.84. The summed E-state index contributed by atoms with van der Waals surface area (Å²) in [6, 6.07) is 7.20. The largest absolute Gasteiger partial charge is 0.505 e. The number of carbonyl (C=O) groups excluding carboxylic acids is 1. The normalized spacial score (nSPS) is 27.5. The van der Waals surface area contributed by atoms with E-state index in [2.05, 4.69) is 24.1 Å². The molecule has 1 aromatic carbocycles. The Morgan fingerprint density at radius 2 is 2.17 bits per heavy atom. The summed E-state index contributed by atoms with van der Waals surface area (Å²) in [6.45, 7) is 5.42. The molecule has 3 fully saturated rings. The first kappa shape index (κ1) is 15.4. The number of benzene rings is 1. The quantitative estimate of drug-likeness (QED) is 0.904. The van der Waals surface area contributed by atoms with Crippen LogP contribution in [0.4, 0.5) is 0 Å². The molecule has 2 bridgehead atoms. The average molecular weight is 324 g/mol. The van der Waals surface area contributed by atoms with Crippen molar-refractivity contribution in [1.82, 2.24) is 10.3 Å². The van der Waals surface area contributed by atoms with Crippen molar-refractivity contribution < 1.29 is 9.90 Å². The van der Waals surface area contributed by atoms with Gasteiger partial charge in [-0.1, -0.05) is 26.0 Å². The van der Waals surface area contributed by atoms with Crippen LogP contribution >= 0.6 is 0 Å². The molecule has 4 nitrogen and oxygen atoms in total. The summed E-state index contributed by atoms with van der Waals surface area (Å²) in [4.78, 5) is 16.7. The molecule has 4 heteroatoms. The molecule has 2 unspecified atom stereocenters. The van der Waals surface area contributed by atoms with E-state index < -0.39 is 0 Å². The Morgan fingerprint density at radius 1 is 1.33 bits per heavy atom. The van der Waals surface area contributed by atoms with Crippen LogP contribution in [-0.4, -0.2) is 22.5 Å². The maximum atomic E-state index is 12.5.